The average molecular weight is 421 g/mol. The minimum absolute atomic E-state index is 0.151. The monoisotopic (exact) mass is 420 g/mol. The van der Waals surface area contributed by atoms with Crippen LogP contribution in [0.4, 0.5) is 4.39 Å². The van der Waals surface area contributed by atoms with Crippen molar-refractivity contribution >= 4 is 5.91 Å². The Morgan fingerprint density at radius 2 is 1.68 bits per heavy atom. The van der Waals surface area contributed by atoms with Crippen LogP contribution in [0, 0.1) is 5.82 Å². The van der Waals surface area contributed by atoms with Crippen LogP contribution in [0.5, 0.6) is 0 Å². The lowest BCUT2D eigenvalue weighted by molar-refractivity contribution is 0.0915. The van der Waals surface area contributed by atoms with E-state index >= 15 is 0 Å². The van der Waals surface area contributed by atoms with Crippen LogP contribution in [0.2, 0.25) is 0 Å². The molecule has 162 valence electrons. The average Bonchev–Trinajstić information content (AvgIpc) is 2.79. The fraction of sp³-hybridized carbons (Fsp3) is 0.269. The third kappa shape index (κ3) is 7.02. The summed E-state index contributed by atoms with van der Waals surface area (Å²) in [5.74, 6) is -0.514. The maximum absolute atomic E-state index is 13.9. The Morgan fingerprint density at radius 1 is 0.935 bits per heavy atom. The Labute approximate surface area is 183 Å². The van der Waals surface area contributed by atoms with Gasteiger partial charge in [-0.2, -0.15) is 0 Å². The first kappa shape index (κ1) is 22.7. The summed E-state index contributed by atoms with van der Waals surface area (Å²) in [7, 11) is 0. The summed E-state index contributed by atoms with van der Waals surface area (Å²) < 4.78 is 13.9. The lowest BCUT2D eigenvalue weighted by atomic mass is 10.0. The van der Waals surface area contributed by atoms with Gasteiger partial charge in [-0.1, -0.05) is 61.5 Å². The van der Waals surface area contributed by atoms with E-state index in [0.29, 0.717) is 30.6 Å². The summed E-state index contributed by atoms with van der Waals surface area (Å²) in [5.41, 5.74) is 4.39. The number of nitrogens with one attached hydrogen (secondary N) is 2. The van der Waals surface area contributed by atoms with Gasteiger partial charge in [0.25, 0.3) is 5.91 Å². The molecule has 3 aromatic carbocycles. The number of aliphatic hydroxyl groups is 1. The Bertz CT molecular complexity index is 1010. The van der Waals surface area contributed by atoms with Gasteiger partial charge in [0.15, 0.2) is 0 Å². The zero-order chi connectivity index (χ0) is 22.1. The van der Waals surface area contributed by atoms with Gasteiger partial charge in [-0.05, 0) is 46.9 Å². The van der Waals surface area contributed by atoms with E-state index in [0.717, 1.165) is 12.0 Å². The van der Waals surface area contributed by atoms with Crippen LogP contribution in [0.1, 0.15) is 39.5 Å². The number of hydrogen-bond acceptors (Lipinski definition) is 3. The molecule has 3 rings (SSSR count). The molecule has 0 aliphatic rings. The molecule has 0 aliphatic heterocycles. The van der Waals surface area contributed by atoms with E-state index in [1.54, 1.807) is 36.4 Å². The highest BCUT2D eigenvalue weighted by atomic mass is 19.1. The summed E-state index contributed by atoms with van der Waals surface area (Å²) >= 11 is 0. The molecule has 0 heterocycles. The number of benzene rings is 3. The van der Waals surface area contributed by atoms with E-state index in [9.17, 15) is 14.3 Å². The fourth-order valence-corrected chi connectivity index (χ4v) is 3.41. The van der Waals surface area contributed by atoms with Crippen molar-refractivity contribution in [2.75, 3.05) is 13.1 Å². The number of carbonyl (C=O) groups excluding carboxylic acids is 1. The van der Waals surface area contributed by atoms with Crippen LogP contribution < -0.4 is 10.6 Å². The smallest absolute Gasteiger partial charge is 0.251 e. The Balaban J connectivity index is 1.46. The molecule has 0 saturated heterocycles. The number of halogens is 1. The molecule has 0 radical (unpaired) electrons. The van der Waals surface area contributed by atoms with Crippen LogP contribution in [0.25, 0.3) is 0 Å². The highest BCUT2D eigenvalue weighted by molar-refractivity contribution is 5.94. The highest BCUT2D eigenvalue weighted by Gasteiger charge is 2.10. The van der Waals surface area contributed by atoms with E-state index in [1.165, 1.54) is 17.2 Å². The van der Waals surface area contributed by atoms with Crippen LogP contribution in [-0.4, -0.2) is 30.2 Å². The number of carbonyl (C=O) groups is 1. The molecule has 31 heavy (non-hydrogen) atoms. The van der Waals surface area contributed by atoms with Crippen molar-refractivity contribution in [2.45, 2.75) is 32.4 Å². The molecule has 0 spiro atoms. The minimum Gasteiger partial charge on any atom is -0.390 e. The maximum atomic E-state index is 13.9. The lowest BCUT2D eigenvalue weighted by Gasteiger charge is -2.14. The summed E-state index contributed by atoms with van der Waals surface area (Å²) in [6.07, 6.45) is 0.712. The Hall–Kier alpha value is -3.02. The number of aryl methyl sites for hydroxylation is 1. The zero-order valence-electron chi connectivity index (χ0n) is 17.8. The first-order chi connectivity index (χ1) is 15.0. The van der Waals surface area contributed by atoms with E-state index in [-0.39, 0.29) is 18.3 Å². The normalized spacial score (nSPS) is 11.8. The molecule has 1 amide bonds. The minimum atomic E-state index is -0.695. The quantitative estimate of drug-likeness (QED) is 0.467. The highest BCUT2D eigenvalue weighted by Crippen LogP contribution is 2.14. The van der Waals surface area contributed by atoms with Gasteiger partial charge >= 0.3 is 0 Å². The van der Waals surface area contributed by atoms with Crippen molar-refractivity contribution in [3.8, 4) is 0 Å². The van der Waals surface area contributed by atoms with E-state index in [4.69, 9.17) is 0 Å². The molecule has 5 heteroatoms. The predicted octanol–water partition coefficient (Wildman–Crippen LogP) is 3.86. The molecule has 3 aromatic rings. The summed E-state index contributed by atoms with van der Waals surface area (Å²) in [6.45, 7) is 3.31. The van der Waals surface area contributed by atoms with Gasteiger partial charge < -0.3 is 15.7 Å². The molecule has 0 unspecified atom stereocenters. The summed E-state index contributed by atoms with van der Waals surface area (Å²) in [6, 6.07) is 22.1. The molecule has 0 fully saturated rings. The molecule has 0 saturated carbocycles. The molecule has 3 N–H and O–H groups in total. The second-order valence-corrected chi connectivity index (χ2v) is 7.64. The maximum Gasteiger partial charge on any atom is 0.251 e. The SMILES string of the molecule is CCc1cccc(CNC[C@@H](O)CNC(=O)c2cccc(Cc3ccccc3F)c2)c1. The zero-order valence-corrected chi connectivity index (χ0v) is 17.8. The first-order valence-corrected chi connectivity index (χ1v) is 10.6. The first-order valence-electron chi connectivity index (χ1n) is 10.6. The predicted molar refractivity (Wildman–Crippen MR) is 122 cm³/mol. The van der Waals surface area contributed by atoms with E-state index < -0.39 is 6.10 Å². The lowest BCUT2D eigenvalue weighted by Crippen LogP contribution is -2.38. The third-order valence-corrected chi connectivity index (χ3v) is 5.15. The second kappa shape index (κ2) is 11.4. The van der Waals surface area contributed by atoms with Crippen LogP contribution in [0.3, 0.4) is 0 Å². The third-order valence-electron chi connectivity index (χ3n) is 5.15. The van der Waals surface area contributed by atoms with Gasteiger partial charge in [0.1, 0.15) is 5.82 Å². The summed E-state index contributed by atoms with van der Waals surface area (Å²) in [4.78, 5) is 12.5. The molecule has 1 atom stereocenters. The molecule has 0 aliphatic carbocycles. The van der Waals surface area contributed by atoms with E-state index in [2.05, 4.69) is 35.8 Å². The number of aliphatic hydroxyl groups excluding tert-OH is 1. The number of rotatable bonds is 10. The fourth-order valence-electron chi connectivity index (χ4n) is 3.41. The molecular weight excluding hydrogens is 391 g/mol. The topological polar surface area (TPSA) is 61.4 Å². The molecular formula is C26H29FN2O2. The van der Waals surface area contributed by atoms with Crippen molar-refractivity contribution in [3.05, 3.63) is 106 Å². The molecule has 0 bridgehead atoms. The van der Waals surface area contributed by atoms with Gasteiger partial charge in [-0.25, -0.2) is 4.39 Å². The number of amides is 1. The van der Waals surface area contributed by atoms with Crippen molar-refractivity contribution in [1.82, 2.24) is 10.6 Å². The van der Waals surface area contributed by atoms with E-state index in [1.807, 2.05) is 12.1 Å². The van der Waals surface area contributed by atoms with Crippen LogP contribution in [-0.2, 0) is 19.4 Å². The van der Waals surface area contributed by atoms with Crippen LogP contribution in [0.15, 0.2) is 72.8 Å². The Morgan fingerprint density at radius 3 is 2.48 bits per heavy atom. The Kier molecular flexibility index (Phi) is 8.33. The van der Waals surface area contributed by atoms with Gasteiger partial charge in [0.2, 0.25) is 0 Å². The van der Waals surface area contributed by atoms with Gasteiger partial charge in [0, 0.05) is 31.6 Å². The van der Waals surface area contributed by atoms with Crippen molar-refractivity contribution in [1.29, 1.82) is 0 Å². The van der Waals surface area contributed by atoms with Crippen molar-refractivity contribution in [2.24, 2.45) is 0 Å². The molecule has 0 aromatic heterocycles. The standard InChI is InChI=1S/C26H29FN2O2/c1-2-19-7-5-9-21(13-19)16-28-17-24(30)18-29-26(31)23-11-6-8-20(15-23)14-22-10-3-4-12-25(22)27/h3-13,15,24,28,30H,2,14,16-18H2,1H3,(H,29,31)/t24-/m1/s1. The van der Waals surface area contributed by atoms with Crippen molar-refractivity contribution in [3.63, 3.8) is 0 Å². The van der Waals surface area contributed by atoms with Crippen LogP contribution >= 0.6 is 0 Å². The summed E-state index contributed by atoms with van der Waals surface area (Å²) in [5, 5.41) is 16.2. The molecule has 4 nitrogen and oxygen atoms in total. The van der Waals surface area contributed by atoms with Crippen molar-refractivity contribution < 1.29 is 14.3 Å². The second-order valence-electron chi connectivity index (χ2n) is 7.64. The van der Waals surface area contributed by atoms with Gasteiger partial charge in [-0.3, -0.25) is 4.79 Å². The van der Waals surface area contributed by atoms with Gasteiger partial charge in [0.05, 0.1) is 6.10 Å². The largest absolute Gasteiger partial charge is 0.390 e. The number of hydrogen-bond donors (Lipinski definition) is 3. The van der Waals surface area contributed by atoms with Gasteiger partial charge in [-0.15, -0.1) is 0 Å².